The maximum absolute atomic E-state index is 9.79. The molecule has 0 amide bonds. The fourth-order valence-corrected chi connectivity index (χ4v) is 1.67. The Balaban J connectivity index is 0. The number of aliphatic carboxylic acids is 2. The Hall–Kier alpha value is -1.10. The van der Waals surface area contributed by atoms with Crippen molar-refractivity contribution in [2.24, 2.45) is 0 Å². The summed E-state index contributed by atoms with van der Waals surface area (Å²) in [4.78, 5) is 22.1. The molecule has 19 heavy (non-hydrogen) atoms. The predicted octanol–water partition coefficient (Wildman–Crippen LogP) is 2.84. The Labute approximate surface area is 116 Å². The van der Waals surface area contributed by atoms with Gasteiger partial charge in [-0.15, -0.1) is 0 Å². The highest BCUT2D eigenvalue weighted by molar-refractivity contribution is 5.69. The summed E-state index contributed by atoms with van der Waals surface area (Å²) in [5, 5.41) is 16.1. The van der Waals surface area contributed by atoms with Gasteiger partial charge in [0.25, 0.3) is 0 Å². The van der Waals surface area contributed by atoms with Crippen LogP contribution in [0.2, 0.25) is 0 Å². The van der Waals surface area contributed by atoms with Crippen LogP contribution >= 0.6 is 0 Å². The van der Waals surface area contributed by atoms with Crippen molar-refractivity contribution in [1.82, 2.24) is 4.90 Å². The average Bonchev–Trinajstić information content (AvgIpc) is 2.30. The number of carboxylic acid groups (broad SMARTS) is 2. The van der Waals surface area contributed by atoms with E-state index < -0.39 is 11.9 Å². The first-order valence-corrected chi connectivity index (χ1v) is 7.13. The van der Waals surface area contributed by atoms with Crippen LogP contribution < -0.4 is 0 Å². The minimum Gasteiger partial charge on any atom is -0.481 e. The number of carbonyl (C=O) groups is 2. The van der Waals surface area contributed by atoms with Gasteiger partial charge >= 0.3 is 11.9 Å². The molecule has 0 aromatic heterocycles. The number of rotatable bonds is 10. The topological polar surface area (TPSA) is 77.8 Å². The fraction of sp³-hybridized carbons (Fsp3) is 0.857. The van der Waals surface area contributed by atoms with E-state index in [4.69, 9.17) is 10.2 Å². The zero-order valence-electron chi connectivity index (χ0n) is 12.5. The molecule has 0 radical (unpaired) electrons. The second-order valence-corrected chi connectivity index (χ2v) is 4.48. The Morgan fingerprint density at radius 1 is 0.789 bits per heavy atom. The van der Waals surface area contributed by atoms with Crippen LogP contribution in [0.25, 0.3) is 0 Å². The van der Waals surface area contributed by atoms with Crippen LogP contribution in [0, 0.1) is 0 Å². The van der Waals surface area contributed by atoms with Crippen LogP contribution in [-0.4, -0.2) is 46.7 Å². The smallest absolute Gasteiger partial charge is 0.303 e. The number of hydrogen-bond acceptors (Lipinski definition) is 3. The van der Waals surface area contributed by atoms with E-state index in [9.17, 15) is 9.59 Å². The second-order valence-electron chi connectivity index (χ2n) is 4.48. The lowest BCUT2D eigenvalue weighted by atomic mass is 10.2. The maximum atomic E-state index is 9.79. The van der Waals surface area contributed by atoms with Gasteiger partial charge in [-0.3, -0.25) is 9.59 Å². The van der Waals surface area contributed by atoms with Crippen LogP contribution in [-0.2, 0) is 9.59 Å². The van der Waals surface area contributed by atoms with Crippen molar-refractivity contribution in [3.8, 4) is 0 Å². The first kappa shape index (κ1) is 20.2. The average molecular weight is 275 g/mol. The molecule has 0 rings (SSSR count). The van der Waals surface area contributed by atoms with Gasteiger partial charge in [-0.1, -0.05) is 20.8 Å². The Morgan fingerprint density at radius 3 is 1.32 bits per heavy atom. The first-order chi connectivity index (χ1) is 8.97. The Bertz CT molecular complexity index is 203. The molecule has 0 heterocycles. The summed E-state index contributed by atoms with van der Waals surface area (Å²) < 4.78 is 0. The van der Waals surface area contributed by atoms with Crippen molar-refractivity contribution in [1.29, 1.82) is 0 Å². The van der Waals surface area contributed by atoms with E-state index in [0.29, 0.717) is 0 Å². The predicted molar refractivity (Wildman–Crippen MR) is 76.4 cm³/mol. The van der Waals surface area contributed by atoms with E-state index in [-0.39, 0.29) is 19.3 Å². The molecule has 0 bridgehead atoms. The first-order valence-electron chi connectivity index (χ1n) is 7.13. The van der Waals surface area contributed by atoms with Crippen molar-refractivity contribution in [3.05, 3.63) is 0 Å². The molecule has 0 aliphatic carbocycles. The van der Waals surface area contributed by atoms with Crippen molar-refractivity contribution >= 4 is 11.9 Å². The van der Waals surface area contributed by atoms with Gasteiger partial charge in [-0.2, -0.15) is 0 Å². The van der Waals surface area contributed by atoms with Gasteiger partial charge in [0.2, 0.25) is 0 Å². The standard InChI is InChI=1S/C9H21N.C5H8O4/c1-4-7-10(8-5-2)9-6-3;6-4(7)2-1-3-5(8)9/h4-9H2,1-3H3;1-3H2,(H,6,7)(H,8,9). The summed E-state index contributed by atoms with van der Waals surface area (Å²) in [5.41, 5.74) is 0. The highest BCUT2D eigenvalue weighted by atomic mass is 16.4. The molecule has 0 unspecified atom stereocenters. The van der Waals surface area contributed by atoms with Crippen LogP contribution in [0.3, 0.4) is 0 Å². The lowest BCUT2D eigenvalue weighted by Gasteiger charge is -2.19. The molecule has 0 aromatic rings. The Kier molecular flexibility index (Phi) is 15.9. The summed E-state index contributed by atoms with van der Waals surface area (Å²) in [6, 6.07) is 0. The van der Waals surface area contributed by atoms with Crippen LogP contribution in [0.4, 0.5) is 0 Å². The molecule has 114 valence electrons. The van der Waals surface area contributed by atoms with E-state index in [1.807, 2.05) is 0 Å². The lowest BCUT2D eigenvalue weighted by Crippen LogP contribution is -2.25. The fourth-order valence-electron chi connectivity index (χ4n) is 1.67. The summed E-state index contributed by atoms with van der Waals surface area (Å²) >= 11 is 0. The number of hydrogen-bond donors (Lipinski definition) is 2. The SMILES string of the molecule is CCCN(CCC)CCC.O=C(O)CCCC(=O)O. The lowest BCUT2D eigenvalue weighted by molar-refractivity contribution is -0.138. The van der Waals surface area contributed by atoms with Gasteiger partial charge in [0.1, 0.15) is 0 Å². The number of carboxylic acids is 2. The van der Waals surface area contributed by atoms with Crippen LogP contribution in [0.1, 0.15) is 59.3 Å². The minimum atomic E-state index is -0.948. The molecule has 0 aliphatic rings. The number of nitrogens with zero attached hydrogens (tertiary/aromatic N) is 1. The monoisotopic (exact) mass is 275 g/mol. The molecule has 0 saturated carbocycles. The third-order valence-corrected chi connectivity index (χ3v) is 2.40. The van der Waals surface area contributed by atoms with E-state index in [2.05, 4.69) is 25.7 Å². The van der Waals surface area contributed by atoms with E-state index in [0.717, 1.165) is 0 Å². The van der Waals surface area contributed by atoms with E-state index in [1.54, 1.807) is 0 Å². The van der Waals surface area contributed by atoms with Gasteiger partial charge < -0.3 is 15.1 Å². The van der Waals surface area contributed by atoms with Gasteiger partial charge in [0, 0.05) is 12.8 Å². The Morgan fingerprint density at radius 2 is 1.11 bits per heavy atom. The molecule has 2 N–H and O–H groups in total. The third kappa shape index (κ3) is 19.4. The van der Waals surface area contributed by atoms with E-state index >= 15 is 0 Å². The van der Waals surface area contributed by atoms with E-state index in [1.165, 1.54) is 38.9 Å². The zero-order chi connectivity index (χ0) is 15.1. The van der Waals surface area contributed by atoms with Gasteiger partial charge in [-0.25, -0.2) is 0 Å². The van der Waals surface area contributed by atoms with Crippen molar-refractivity contribution in [3.63, 3.8) is 0 Å². The van der Waals surface area contributed by atoms with Crippen molar-refractivity contribution in [2.75, 3.05) is 19.6 Å². The van der Waals surface area contributed by atoms with Crippen LogP contribution in [0.5, 0.6) is 0 Å². The molecule has 0 aliphatic heterocycles. The summed E-state index contributed by atoms with van der Waals surface area (Å²) in [5.74, 6) is -1.90. The van der Waals surface area contributed by atoms with Crippen molar-refractivity contribution < 1.29 is 19.8 Å². The highest BCUT2D eigenvalue weighted by Gasteiger charge is 1.99. The summed E-state index contributed by atoms with van der Waals surface area (Å²) in [7, 11) is 0. The molecule has 0 aromatic carbocycles. The quantitative estimate of drug-likeness (QED) is 0.641. The zero-order valence-corrected chi connectivity index (χ0v) is 12.5. The molecular formula is C14H29NO4. The van der Waals surface area contributed by atoms with Gasteiger partial charge in [0.05, 0.1) is 0 Å². The summed E-state index contributed by atoms with van der Waals surface area (Å²) in [6.07, 6.45) is 3.96. The van der Waals surface area contributed by atoms with Gasteiger partial charge in [0.15, 0.2) is 0 Å². The van der Waals surface area contributed by atoms with Gasteiger partial charge in [-0.05, 0) is 45.3 Å². The second kappa shape index (κ2) is 15.0. The summed E-state index contributed by atoms with van der Waals surface area (Å²) in [6.45, 7) is 10.6. The molecule has 5 nitrogen and oxygen atoms in total. The minimum absolute atomic E-state index is 0.0632. The molecular weight excluding hydrogens is 246 g/mol. The normalized spacial score (nSPS) is 9.89. The molecule has 0 saturated heterocycles. The molecule has 0 atom stereocenters. The maximum Gasteiger partial charge on any atom is 0.303 e. The largest absolute Gasteiger partial charge is 0.481 e. The third-order valence-electron chi connectivity index (χ3n) is 2.40. The molecule has 5 heteroatoms. The highest BCUT2D eigenvalue weighted by Crippen LogP contribution is 1.95. The van der Waals surface area contributed by atoms with Crippen LogP contribution in [0.15, 0.2) is 0 Å². The molecule has 0 fully saturated rings. The van der Waals surface area contributed by atoms with Crippen molar-refractivity contribution in [2.45, 2.75) is 59.3 Å². The molecule has 0 spiro atoms.